The Labute approximate surface area is 172 Å². The number of hydrogen-bond acceptors (Lipinski definition) is 3. The predicted molar refractivity (Wildman–Crippen MR) is 119 cm³/mol. The van der Waals surface area contributed by atoms with Gasteiger partial charge in [-0.05, 0) is 38.7 Å². The number of aryl methyl sites for hydroxylation is 3. The lowest BCUT2D eigenvalue weighted by Crippen LogP contribution is -2.37. The number of nitrogens with zero attached hydrogens (tertiary/aromatic N) is 2. The molecule has 0 atom stereocenters. The van der Waals surface area contributed by atoms with Gasteiger partial charge in [0.2, 0.25) is 0 Å². The molecule has 2 aromatic rings. The van der Waals surface area contributed by atoms with Crippen LogP contribution in [-0.4, -0.2) is 24.5 Å². The zero-order chi connectivity index (χ0) is 17.2. The third-order valence-corrected chi connectivity index (χ3v) is 5.05. The Bertz CT molecular complexity index is 621. The van der Waals surface area contributed by atoms with E-state index in [1.807, 2.05) is 7.05 Å². The van der Waals surface area contributed by atoms with Crippen LogP contribution in [0.25, 0.3) is 0 Å². The summed E-state index contributed by atoms with van der Waals surface area (Å²) in [6, 6.07) is 10.7. The number of rotatable bonds is 8. The van der Waals surface area contributed by atoms with E-state index in [9.17, 15) is 0 Å². The minimum Gasteiger partial charge on any atom is -0.356 e. The first-order chi connectivity index (χ1) is 11.7. The van der Waals surface area contributed by atoms with Gasteiger partial charge in [0, 0.05) is 18.5 Å². The average molecular weight is 472 g/mol. The number of thiazole rings is 1. The second kappa shape index (κ2) is 12.2. The van der Waals surface area contributed by atoms with Gasteiger partial charge in [0.15, 0.2) is 5.96 Å². The minimum absolute atomic E-state index is 0. The van der Waals surface area contributed by atoms with Crippen molar-refractivity contribution in [2.45, 2.75) is 46.1 Å². The Hall–Kier alpha value is -1.15. The van der Waals surface area contributed by atoms with E-state index in [0.717, 1.165) is 42.6 Å². The number of hydrogen-bond donors (Lipinski definition) is 2. The van der Waals surface area contributed by atoms with Crippen molar-refractivity contribution >= 4 is 41.3 Å². The second-order valence-electron chi connectivity index (χ2n) is 5.90. The minimum atomic E-state index is 0. The summed E-state index contributed by atoms with van der Waals surface area (Å²) in [6.45, 7) is 5.84. The second-order valence-corrected chi connectivity index (χ2v) is 7.19. The number of aliphatic imine (C=N–C) groups is 1. The fourth-order valence-electron chi connectivity index (χ4n) is 2.48. The van der Waals surface area contributed by atoms with E-state index in [2.05, 4.69) is 64.8 Å². The molecule has 0 bridgehead atoms. The molecule has 1 aromatic heterocycles. The van der Waals surface area contributed by atoms with Crippen LogP contribution in [0.4, 0.5) is 0 Å². The smallest absolute Gasteiger partial charge is 0.191 e. The number of aromatic nitrogens is 1. The standard InChI is InChI=1S/C19H28N4S.HI/c1-15-16(2)24-18(23-15)14-22-19(20-3)21-13-9-5-8-12-17-10-6-4-7-11-17;/h4,6-7,10-11H,5,8-9,12-14H2,1-3H3,(H2,20,21,22);1H. The van der Waals surface area contributed by atoms with E-state index in [4.69, 9.17) is 0 Å². The summed E-state index contributed by atoms with van der Waals surface area (Å²) < 4.78 is 0. The van der Waals surface area contributed by atoms with E-state index < -0.39 is 0 Å². The molecule has 4 nitrogen and oxygen atoms in total. The molecule has 1 heterocycles. The van der Waals surface area contributed by atoms with Gasteiger partial charge in [0.05, 0.1) is 12.2 Å². The molecular formula is C19H29IN4S. The SMILES string of the molecule is CN=C(NCCCCCc1ccccc1)NCc1nc(C)c(C)s1.I. The fraction of sp³-hybridized carbons (Fsp3) is 0.474. The molecule has 0 aliphatic carbocycles. The maximum Gasteiger partial charge on any atom is 0.191 e. The number of halogens is 1. The third kappa shape index (κ3) is 8.18. The lowest BCUT2D eigenvalue weighted by Gasteiger charge is -2.10. The zero-order valence-corrected chi connectivity index (χ0v) is 18.5. The highest BCUT2D eigenvalue weighted by Crippen LogP contribution is 2.15. The highest BCUT2D eigenvalue weighted by Gasteiger charge is 2.04. The molecule has 6 heteroatoms. The summed E-state index contributed by atoms with van der Waals surface area (Å²) in [5.74, 6) is 0.851. The predicted octanol–water partition coefficient (Wildman–Crippen LogP) is 4.46. The molecule has 0 fully saturated rings. The molecule has 1 aromatic carbocycles. The molecular weight excluding hydrogens is 443 g/mol. The van der Waals surface area contributed by atoms with Crippen LogP contribution in [-0.2, 0) is 13.0 Å². The average Bonchev–Trinajstić information content (AvgIpc) is 2.92. The van der Waals surface area contributed by atoms with E-state index in [1.54, 1.807) is 11.3 Å². The molecule has 2 N–H and O–H groups in total. The van der Waals surface area contributed by atoms with Gasteiger partial charge in [0.25, 0.3) is 0 Å². The largest absolute Gasteiger partial charge is 0.356 e. The molecule has 138 valence electrons. The molecule has 0 radical (unpaired) electrons. The van der Waals surface area contributed by atoms with Crippen molar-refractivity contribution in [3.05, 3.63) is 51.5 Å². The maximum atomic E-state index is 4.54. The van der Waals surface area contributed by atoms with Crippen molar-refractivity contribution in [2.24, 2.45) is 4.99 Å². The van der Waals surface area contributed by atoms with Crippen LogP contribution in [0.5, 0.6) is 0 Å². The fourth-order valence-corrected chi connectivity index (χ4v) is 3.35. The van der Waals surface area contributed by atoms with Gasteiger partial charge >= 0.3 is 0 Å². The topological polar surface area (TPSA) is 49.3 Å². The maximum absolute atomic E-state index is 4.54. The summed E-state index contributed by atoms with van der Waals surface area (Å²) in [7, 11) is 1.81. The molecule has 0 aliphatic heterocycles. The highest BCUT2D eigenvalue weighted by molar-refractivity contribution is 14.0. The first-order valence-corrected chi connectivity index (χ1v) is 9.42. The number of benzene rings is 1. The molecule has 0 spiro atoms. The van der Waals surface area contributed by atoms with Gasteiger partial charge in [-0.25, -0.2) is 4.98 Å². The van der Waals surface area contributed by atoms with Crippen molar-refractivity contribution in [1.29, 1.82) is 0 Å². The van der Waals surface area contributed by atoms with Crippen LogP contribution >= 0.6 is 35.3 Å². The van der Waals surface area contributed by atoms with E-state index in [1.165, 1.54) is 23.3 Å². The van der Waals surface area contributed by atoms with Crippen molar-refractivity contribution in [1.82, 2.24) is 15.6 Å². The summed E-state index contributed by atoms with van der Waals surface area (Å²) in [4.78, 5) is 10.1. The zero-order valence-electron chi connectivity index (χ0n) is 15.3. The van der Waals surface area contributed by atoms with Crippen molar-refractivity contribution in [3.63, 3.8) is 0 Å². The van der Waals surface area contributed by atoms with Gasteiger partial charge < -0.3 is 10.6 Å². The van der Waals surface area contributed by atoms with Crippen LogP contribution in [0.2, 0.25) is 0 Å². The number of guanidine groups is 1. The Morgan fingerprint density at radius 3 is 2.48 bits per heavy atom. The van der Waals surface area contributed by atoms with Crippen molar-refractivity contribution in [3.8, 4) is 0 Å². The van der Waals surface area contributed by atoms with E-state index in [0.29, 0.717) is 0 Å². The summed E-state index contributed by atoms with van der Waals surface area (Å²) >= 11 is 1.74. The Morgan fingerprint density at radius 2 is 1.84 bits per heavy atom. The van der Waals surface area contributed by atoms with Gasteiger partial charge in [-0.2, -0.15) is 0 Å². The molecule has 0 amide bonds. The normalized spacial score (nSPS) is 11.1. The summed E-state index contributed by atoms with van der Waals surface area (Å²) in [6.07, 6.45) is 4.78. The third-order valence-electron chi connectivity index (χ3n) is 3.98. The molecule has 0 aliphatic rings. The van der Waals surface area contributed by atoms with Crippen LogP contribution in [0.3, 0.4) is 0 Å². The van der Waals surface area contributed by atoms with Crippen LogP contribution in [0.1, 0.15) is 40.4 Å². The number of nitrogens with one attached hydrogen (secondary N) is 2. The first kappa shape index (κ1) is 21.9. The Balaban J connectivity index is 0.00000312. The monoisotopic (exact) mass is 472 g/mol. The number of unbranched alkanes of at least 4 members (excludes halogenated alkanes) is 2. The Morgan fingerprint density at radius 1 is 1.08 bits per heavy atom. The lowest BCUT2D eigenvalue weighted by molar-refractivity contribution is 0.655. The summed E-state index contributed by atoms with van der Waals surface area (Å²) in [5.41, 5.74) is 2.55. The molecule has 25 heavy (non-hydrogen) atoms. The molecule has 0 unspecified atom stereocenters. The molecule has 0 saturated heterocycles. The Kier molecular flexibility index (Phi) is 10.7. The summed E-state index contributed by atoms with van der Waals surface area (Å²) in [5, 5.41) is 7.81. The lowest BCUT2D eigenvalue weighted by atomic mass is 10.1. The van der Waals surface area contributed by atoms with E-state index in [-0.39, 0.29) is 24.0 Å². The van der Waals surface area contributed by atoms with Gasteiger partial charge in [-0.1, -0.05) is 36.8 Å². The molecule has 2 rings (SSSR count). The van der Waals surface area contributed by atoms with Crippen LogP contribution in [0, 0.1) is 13.8 Å². The molecule has 0 saturated carbocycles. The van der Waals surface area contributed by atoms with Gasteiger partial charge in [-0.3, -0.25) is 4.99 Å². The van der Waals surface area contributed by atoms with E-state index >= 15 is 0 Å². The first-order valence-electron chi connectivity index (χ1n) is 8.60. The van der Waals surface area contributed by atoms with Crippen molar-refractivity contribution < 1.29 is 0 Å². The van der Waals surface area contributed by atoms with Gasteiger partial charge in [0.1, 0.15) is 5.01 Å². The quantitative estimate of drug-likeness (QED) is 0.258. The van der Waals surface area contributed by atoms with Gasteiger partial charge in [-0.15, -0.1) is 35.3 Å². The van der Waals surface area contributed by atoms with Crippen LogP contribution in [0.15, 0.2) is 35.3 Å². The van der Waals surface area contributed by atoms with Crippen LogP contribution < -0.4 is 10.6 Å². The van der Waals surface area contributed by atoms with Crippen molar-refractivity contribution in [2.75, 3.05) is 13.6 Å². The highest BCUT2D eigenvalue weighted by atomic mass is 127.